The van der Waals surface area contributed by atoms with Crippen molar-refractivity contribution in [1.29, 1.82) is 0 Å². The van der Waals surface area contributed by atoms with Crippen LogP contribution in [0.25, 0.3) is 0 Å². The van der Waals surface area contributed by atoms with Crippen LogP contribution in [0, 0.1) is 0 Å². The van der Waals surface area contributed by atoms with Gasteiger partial charge in [-0.05, 0) is 12.8 Å². The molecule has 0 saturated heterocycles. The Labute approximate surface area is 85.0 Å². The summed E-state index contributed by atoms with van der Waals surface area (Å²) in [6, 6.07) is -0.188. The van der Waals surface area contributed by atoms with E-state index in [1.54, 1.807) is 0 Å². The second-order valence-corrected chi connectivity index (χ2v) is 3.92. The lowest BCUT2D eigenvalue weighted by Crippen LogP contribution is -2.48. The van der Waals surface area contributed by atoms with Gasteiger partial charge in [0.05, 0.1) is 6.54 Å². The molecule has 1 fully saturated rings. The predicted molar refractivity (Wildman–Crippen MR) is 45.9 cm³/mol. The molecule has 0 unspecified atom stereocenters. The summed E-state index contributed by atoms with van der Waals surface area (Å²) in [4.78, 5) is 0. The van der Waals surface area contributed by atoms with Gasteiger partial charge in [-0.1, -0.05) is 19.3 Å². The van der Waals surface area contributed by atoms with Gasteiger partial charge in [0.1, 0.15) is 0 Å². The molecular formula is C9H14F5N. The molecule has 0 heterocycles. The molecule has 1 aliphatic rings. The van der Waals surface area contributed by atoms with E-state index in [4.69, 9.17) is 0 Å². The Morgan fingerprint density at radius 2 is 1.47 bits per heavy atom. The molecule has 0 bridgehead atoms. The molecule has 1 N–H and O–H groups in total. The van der Waals surface area contributed by atoms with Gasteiger partial charge in [-0.3, -0.25) is 0 Å². The largest absolute Gasteiger partial charge is 0.454 e. The summed E-state index contributed by atoms with van der Waals surface area (Å²) in [6.45, 7) is -1.30. The minimum atomic E-state index is -5.45. The van der Waals surface area contributed by atoms with Gasteiger partial charge in [0.15, 0.2) is 0 Å². The van der Waals surface area contributed by atoms with Crippen molar-refractivity contribution in [2.24, 2.45) is 0 Å². The van der Waals surface area contributed by atoms with E-state index in [-0.39, 0.29) is 6.04 Å². The predicted octanol–water partition coefficient (Wildman–Crippen LogP) is 3.11. The zero-order chi connectivity index (χ0) is 11.5. The molecule has 1 aliphatic carbocycles. The summed E-state index contributed by atoms with van der Waals surface area (Å²) in [7, 11) is 0. The van der Waals surface area contributed by atoms with Crippen molar-refractivity contribution in [3.8, 4) is 0 Å². The standard InChI is InChI=1S/C9H14F5N/c10-8(11,9(12,13)14)6-15-7-4-2-1-3-5-7/h7,15H,1-6H2. The van der Waals surface area contributed by atoms with Crippen molar-refractivity contribution in [3.05, 3.63) is 0 Å². The van der Waals surface area contributed by atoms with Crippen molar-refractivity contribution < 1.29 is 22.0 Å². The number of nitrogens with one attached hydrogen (secondary N) is 1. The van der Waals surface area contributed by atoms with Crippen LogP contribution in [0.2, 0.25) is 0 Å². The summed E-state index contributed by atoms with van der Waals surface area (Å²) in [5, 5.41) is 2.30. The van der Waals surface area contributed by atoms with Gasteiger partial charge in [0, 0.05) is 6.04 Å². The maximum Gasteiger partial charge on any atom is 0.454 e. The second-order valence-electron chi connectivity index (χ2n) is 3.92. The van der Waals surface area contributed by atoms with Crippen molar-refractivity contribution in [3.63, 3.8) is 0 Å². The fourth-order valence-corrected chi connectivity index (χ4v) is 1.68. The first-order chi connectivity index (χ1) is 6.83. The van der Waals surface area contributed by atoms with E-state index in [1.165, 1.54) is 0 Å². The molecule has 0 spiro atoms. The highest BCUT2D eigenvalue weighted by Crippen LogP contribution is 2.35. The SMILES string of the molecule is FC(F)(F)C(F)(F)CNC1CCCCC1. The second kappa shape index (κ2) is 4.63. The van der Waals surface area contributed by atoms with E-state index in [2.05, 4.69) is 5.32 Å². The zero-order valence-corrected chi connectivity index (χ0v) is 8.21. The number of hydrogen-bond donors (Lipinski definition) is 1. The van der Waals surface area contributed by atoms with Gasteiger partial charge in [0.25, 0.3) is 0 Å². The molecule has 0 atom stereocenters. The minimum Gasteiger partial charge on any atom is -0.308 e. The van der Waals surface area contributed by atoms with Gasteiger partial charge in [-0.2, -0.15) is 22.0 Å². The van der Waals surface area contributed by atoms with Gasteiger partial charge in [-0.25, -0.2) is 0 Å². The Kier molecular flexibility index (Phi) is 3.92. The number of halogens is 5. The maximum atomic E-state index is 12.5. The fraction of sp³-hybridized carbons (Fsp3) is 1.00. The Balaban J connectivity index is 2.35. The van der Waals surface area contributed by atoms with Crippen LogP contribution < -0.4 is 5.32 Å². The molecular weight excluding hydrogens is 217 g/mol. The van der Waals surface area contributed by atoms with E-state index in [0.717, 1.165) is 19.3 Å². The van der Waals surface area contributed by atoms with E-state index >= 15 is 0 Å². The smallest absolute Gasteiger partial charge is 0.308 e. The molecule has 90 valence electrons. The number of rotatable bonds is 3. The Morgan fingerprint density at radius 1 is 0.933 bits per heavy atom. The van der Waals surface area contributed by atoms with E-state index < -0.39 is 18.6 Å². The van der Waals surface area contributed by atoms with Crippen molar-refractivity contribution in [1.82, 2.24) is 5.32 Å². The first kappa shape index (κ1) is 12.7. The lowest BCUT2D eigenvalue weighted by Gasteiger charge is -2.26. The van der Waals surface area contributed by atoms with Crippen LogP contribution in [0.1, 0.15) is 32.1 Å². The van der Waals surface area contributed by atoms with Crippen LogP contribution in [0.3, 0.4) is 0 Å². The average Bonchev–Trinajstić information content (AvgIpc) is 2.15. The van der Waals surface area contributed by atoms with Crippen LogP contribution in [-0.4, -0.2) is 24.7 Å². The number of hydrogen-bond acceptors (Lipinski definition) is 1. The Bertz CT molecular complexity index is 195. The number of alkyl halides is 5. The Hall–Kier alpha value is -0.390. The highest BCUT2D eigenvalue weighted by Gasteiger charge is 2.57. The lowest BCUT2D eigenvalue weighted by atomic mass is 9.95. The molecule has 0 aromatic heterocycles. The van der Waals surface area contributed by atoms with Gasteiger partial charge in [-0.15, -0.1) is 0 Å². The monoisotopic (exact) mass is 231 g/mol. The van der Waals surface area contributed by atoms with Gasteiger partial charge in [0.2, 0.25) is 0 Å². The fourth-order valence-electron chi connectivity index (χ4n) is 1.68. The quantitative estimate of drug-likeness (QED) is 0.736. The molecule has 0 aliphatic heterocycles. The average molecular weight is 231 g/mol. The topological polar surface area (TPSA) is 12.0 Å². The minimum absolute atomic E-state index is 0.188. The van der Waals surface area contributed by atoms with Crippen LogP contribution in [0.4, 0.5) is 22.0 Å². The third kappa shape index (κ3) is 3.59. The van der Waals surface area contributed by atoms with E-state index in [1.807, 2.05) is 0 Å². The molecule has 0 aromatic rings. The zero-order valence-electron chi connectivity index (χ0n) is 8.21. The normalized spacial score (nSPS) is 20.6. The van der Waals surface area contributed by atoms with E-state index in [0.29, 0.717) is 12.8 Å². The molecule has 1 nitrogen and oxygen atoms in total. The summed E-state index contributed by atoms with van der Waals surface area (Å²) < 4.78 is 60.4. The van der Waals surface area contributed by atoms with Gasteiger partial charge >= 0.3 is 12.1 Å². The van der Waals surface area contributed by atoms with Crippen molar-refractivity contribution in [2.75, 3.05) is 6.54 Å². The van der Waals surface area contributed by atoms with Crippen LogP contribution in [0.5, 0.6) is 0 Å². The first-order valence-corrected chi connectivity index (χ1v) is 5.01. The summed E-state index contributed by atoms with van der Waals surface area (Å²) in [5.74, 6) is -4.62. The highest BCUT2D eigenvalue weighted by molar-refractivity contribution is 4.81. The molecule has 6 heteroatoms. The molecule has 1 saturated carbocycles. The highest BCUT2D eigenvalue weighted by atomic mass is 19.4. The summed E-state index contributed by atoms with van der Waals surface area (Å²) >= 11 is 0. The first-order valence-electron chi connectivity index (χ1n) is 5.01. The molecule has 0 amide bonds. The van der Waals surface area contributed by atoms with E-state index in [9.17, 15) is 22.0 Å². The summed E-state index contributed by atoms with van der Waals surface area (Å²) in [5.41, 5.74) is 0. The van der Waals surface area contributed by atoms with Crippen LogP contribution >= 0.6 is 0 Å². The van der Waals surface area contributed by atoms with Gasteiger partial charge < -0.3 is 5.32 Å². The maximum absolute atomic E-state index is 12.5. The van der Waals surface area contributed by atoms with Crippen molar-refractivity contribution >= 4 is 0 Å². The Morgan fingerprint density at radius 3 is 1.93 bits per heavy atom. The van der Waals surface area contributed by atoms with Crippen LogP contribution in [-0.2, 0) is 0 Å². The summed E-state index contributed by atoms with van der Waals surface area (Å²) in [6.07, 6.45) is -1.24. The van der Waals surface area contributed by atoms with Crippen LogP contribution in [0.15, 0.2) is 0 Å². The molecule has 1 rings (SSSR count). The third-order valence-electron chi connectivity index (χ3n) is 2.63. The molecule has 0 radical (unpaired) electrons. The third-order valence-corrected chi connectivity index (χ3v) is 2.63. The lowest BCUT2D eigenvalue weighted by molar-refractivity contribution is -0.279. The molecule has 0 aromatic carbocycles. The molecule has 15 heavy (non-hydrogen) atoms. The van der Waals surface area contributed by atoms with Crippen molar-refractivity contribution in [2.45, 2.75) is 50.2 Å².